The van der Waals surface area contributed by atoms with Crippen molar-refractivity contribution in [1.29, 1.82) is 0 Å². The van der Waals surface area contributed by atoms with Gasteiger partial charge in [0.05, 0.1) is 24.9 Å². The predicted octanol–water partition coefficient (Wildman–Crippen LogP) is 1.52. The molecule has 3 N–H and O–H groups in total. The van der Waals surface area contributed by atoms with Gasteiger partial charge in [0, 0.05) is 37.8 Å². The number of hydrogen-bond donors (Lipinski definition) is 3. The van der Waals surface area contributed by atoms with Gasteiger partial charge in [0.2, 0.25) is 0 Å². The molecule has 2 aromatic carbocycles. The molecular weight excluding hydrogens is 478 g/mol. The molecule has 11 nitrogen and oxygen atoms in total. The van der Waals surface area contributed by atoms with Gasteiger partial charge in [-0.2, -0.15) is 5.10 Å². The molecule has 37 heavy (non-hydrogen) atoms. The van der Waals surface area contributed by atoms with E-state index in [0.717, 1.165) is 5.56 Å². The normalized spacial score (nSPS) is 20.0. The highest BCUT2D eigenvalue weighted by molar-refractivity contribution is 5.96. The zero-order valence-electron chi connectivity index (χ0n) is 20.2. The first-order valence-electron chi connectivity index (χ1n) is 11.9. The molecule has 6 rings (SSSR count). The lowest BCUT2D eigenvalue weighted by molar-refractivity contribution is -0.123. The average molecular weight is 506 g/mol. The van der Waals surface area contributed by atoms with Crippen molar-refractivity contribution >= 4 is 17.7 Å². The molecule has 3 aliphatic heterocycles. The van der Waals surface area contributed by atoms with Crippen LogP contribution in [0.5, 0.6) is 17.2 Å². The maximum absolute atomic E-state index is 13.3. The van der Waals surface area contributed by atoms with Gasteiger partial charge in [-0.05, 0) is 35.9 Å². The third-order valence-corrected chi connectivity index (χ3v) is 6.38. The summed E-state index contributed by atoms with van der Waals surface area (Å²) in [4.78, 5) is 40.3. The van der Waals surface area contributed by atoms with Crippen LogP contribution in [-0.4, -0.2) is 71.8 Å². The van der Waals surface area contributed by atoms with E-state index in [4.69, 9.17) is 14.2 Å². The fraction of sp³-hybridized carbons (Fsp3) is 0.308. The lowest BCUT2D eigenvalue weighted by Crippen LogP contribution is -2.58. The predicted molar refractivity (Wildman–Crippen MR) is 132 cm³/mol. The monoisotopic (exact) mass is 505 g/mol. The second kappa shape index (κ2) is 10.6. The lowest BCUT2D eigenvalue weighted by atomic mass is 10.00. The number of H-pyrrole nitrogens is 1. The van der Waals surface area contributed by atoms with Crippen molar-refractivity contribution in [3.05, 3.63) is 71.5 Å². The van der Waals surface area contributed by atoms with Gasteiger partial charge in [0.15, 0.2) is 18.1 Å². The molecule has 2 atom stereocenters. The molecular formula is C26H27N5O6. The van der Waals surface area contributed by atoms with Crippen LogP contribution in [0.25, 0.3) is 0 Å². The minimum atomic E-state index is -0.484. The van der Waals surface area contributed by atoms with E-state index in [1.165, 1.54) is 19.4 Å². The third kappa shape index (κ3) is 5.50. The summed E-state index contributed by atoms with van der Waals surface area (Å²) in [5, 5.41) is 12.4. The Bertz CT molecular complexity index is 1280. The number of carbonyl (C=O) groups excluding carboxylic acids is 3. The van der Waals surface area contributed by atoms with Crippen molar-refractivity contribution in [2.45, 2.75) is 25.1 Å². The van der Waals surface area contributed by atoms with Crippen LogP contribution in [0.3, 0.4) is 0 Å². The molecule has 0 radical (unpaired) electrons. The van der Waals surface area contributed by atoms with Gasteiger partial charge in [-0.15, -0.1) is 0 Å². The van der Waals surface area contributed by atoms with Crippen LogP contribution < -0.4 is 24.8 Å². The molecule has 11 heteroatoms. The van der Waals surface area contributed by atoms with Gasteiger partial charge in [0.1, 0.15) is 11.9 Å². The lowest BCUT2D eigenvalue weighted by Gasteiger charge is -2.38. The van der Waals surface area contributed by atoms with Crippen LogP contribution in [0.15, 0.2) is 54.9 Å². The fourth-order valence-corrected chi connectivity index (χ4v) is 4.38. The topological polar surface area (TPSA) is 135 Å². The van der Waals surface area contributed by atoms with Gasteiger partial charge in [0.25, 0.3) is 17.7 Å². The molecule has 4 heterocycles. The van der Waals surface area contributed by atoms with Gasteiger partial charge < -0.3 is 29.7 Å². The number of likely N-dealkylation sites (tertiary alicyclic amines) is 1. The molecule has 1 aromatic heterocycles. The molecule has 1 saturated heterocycles. The van der Waals surface area contributed by atoms with Crippen molar-refractivity contribution < 1.29 is 28.6 Å². The maximum Gasteiger partial charge on any atom is 0.258 e. The summed E-state index contributed by atoms with van der Waals surface area (Å²) in [6, 6.07) is 11.7. The Morgan fingerprint density at radius 3 is 2.76 bits per heavy atom. The van der Waals surface area contributed by atoms with Crippen molar-refractivity contribution in [2.24, 2.45) is 0 Å². The molecule has 0 saturated carbocycles. The minimum absolute atomic E-state index is 0.175. The second-order valence-electron chi connectivity index (χ2n) is 8.84. The number of ether oxygens (including phenoxy) is 3. The fourth-order valence-electron chi connectivity index (χ4n) is 4.38. The van der Waals surface area contributed by atoms with Gasteiger partial charge >= 0.3 is 0 Å². The Hall–Kier alpha value is -4.54. The number of piperidine rings is 1. The van der Waals surface area contributed by atoms with E-state index in [1.807, 2.05) is 24.3 Å². The Kier molecular flexibility index (Phi) is 6.93. The van der Waals surface area contributed by atoms with Crippen LogP contribution in [-0.2, 0) is 11.3 Å². The summed E-state index contributed by atoms with van der Waals surface area (Å²) >= 11 is 0. The van der Waals surface area contributed by atoms with Crippen LogP contribution >= 0.6 is 0 Å². The van der Waals surface area contributed by atoms with Crippen molar-refractivity contribution in [1.82, 2.24) is 25.7 Å². The zero-order valence-corrected chi connectivity index (χ0v) is 20.2. The number of hydrogen-bond acceptors (Lipinski definition) is 7. The summed E-state index contributed by atoms with van der Waals surface area (Å²) < 4.78 is 17.3. The highest BCUT2D eigenvalue weighted by atomic mass is 16.5. The van der Waals surface area contributed by atoms with Crippen LogP contribution in [0, 0.1) is 0 Å². The number of nitrogens with one attached hydrogen (secondary N) is 3. The SMILES string of the molecule is COc1ccc2cc1OCC(=O)NCc1ccc(cc1)O[C@@H]1CCN(C(=O)c3cn[nH]c3)C[C@@H]1NC2=O. The van der Waals surface area contributed by atoms with Crippen LogP contribution in [0.4, 0.5) is 0 Å². The number of aromatic nitrogens is 2. The van der Waals surface area contributed by atoms with Crippen molar-refractivity contribution in [2.75, 3.05) is 26.8 Å². The Morgan fingerprint density at radius 1 is 1.16 bits per heavy atom. The average Bonchev–Trinajstić information content (AvgIpc) is 3.46. The quantitative estimate of drug-likeness (QED) is 0.481. The molecule has 4 bridgehead atoms. The zero-order chi connectivity index (χ0) is 25.8. The molecule has 0 aliphatic carbocycles. The largest absolute Gasteiger partial charge is 0.493 e. The van der Waals surface area contributed by atoms with E-state index in [9.17, 15) is 14.4 Å². The number of aromatic amines is 1. The second-order valence-corrected chi connectivity index (χ2v) is 8.84. The first kappa shape index (κ1) is 24.2. The maximum atomic E-state index is 13.3. The molecule has 192 valence electrons. The smallest absolute Gasteiger partial charge is 0.258 e. The molecule has 3 aromatic rings. The number of rotatable bonds is 2. The molecule has 3 amide bonds. The Morgan fingerprint density at radius 2 is 2.00 bits per heavy atom. The number of methoxy groups -OCH3 is 1. The van der Waals surface area contributed by atoms with E-state index >= 15 is 0 Å². The number of nitrogens with zero attached hydrogens (tertiary/aromatic N) is 2. The van der Waals surface area contributed by atoms with E-state index < -0.39 is 6.04 Å². The van der Waals surface area contributed by atoms with Crippen LogP contribution in [0.1, 0.15) is 32.7 Å². The molecule has 0 spiro atoms. The summed E-state index contributed by atoms with van der Waals surface area (Å²) in [7, 11) is 1.48. The Balaban J connectivity index is 1.44. The number of carbonyl (C=O) groups is 3. The third-order valence-electron chi connectivity index (χ3n) is 6.38. The van der Waals surface area contributed by atoms with Crippen molar-refractivity contribution in [3.63, 3.8) is 0 Å². The number of fused-ring (bicyclic) bond motifs is 7. The first-order chi connectivity index (χ1) is 18.0. The number of benzene rings is 2. The first-order valence-corrected chi connectivity index (χ1v) is 11.9. The summed E-state index contributed by atoms with van der Waals surface area (Å²) in [5.41, 5.74) is 1.67. The van der Waals surface area contributed by atoms with E-state index in [2.05, 4.69) is 20.8 Å². The van der Waals surface area contributed by atoms with Gasteiger partial charge in [-0.25, -0.2) is 0 Å². The van der Waals surface area contributed by atoms with E-state index in [1.54, 1.807) is 23.2 Å². The number of amides is 3. The minimum Gasteiger partial charge on any atom is -0.493 e. The molecule has 0 unspecified atom stereocenters. The highest BCUT2D eigenvalue weighted by Crippen LogP contribution is 2.29. The van der Waals surface area contributed by atoms with E-state index in [0.29, 0.717) is 42.1 Å². The Labute approximate surface area is 213 Å². The molecule has 1 fully saturated rings. The summed E-state index contributed by atoms with van der Waals surface area (Å²) in [5.74, 6) is 0.447. The highest BCUT2D eigenvalue weighted by Gasteiger charge is 2.35. The molecule has 3 aliphatic rings. The van der Waals surface area contributed by atoms with Crippen LogP contribution in [0.2, 0.25) is 0 Å². The summed E-state index contributed by atoms with van der Waals surface area (Å²) in [6.45, 7) is 0.817. The standard InChI is InChI=1S/C26H27N5O6/c1-35-22-7-4-17-10-23(22)36-15-24(32)27-11-16-2-5-19(6-3-16)37-21-8-9-31(14-20(21)30-25(17)33)26(34)18-12-28-29-13-18/h2-7,10,12-13,20-21H,8-9,11,14-15H2,1H3,(H,27,32)(H,28,29)(H,30,33)/t20-,21+/m0/s1. The summed E-state index contributed by atoms with van der Waals surface area (Å²) in [6.07, 6.45) is 3.17. The van der Waals surface area contributed by atoms with Gasteiger partial charge in [-0.3, -0.25) is 19.5 Å². The van der Waals surface area contributed by atoms with E-state index in [-0.39, 0.29) is 42.7 Å². The van der Waals surface area contributed by atoms with Crippen molar-refractivity contribution in [3.8, 4) is 17.2 Å². The van der Waals surface area contributed by atoms with Gasteiger partial charge in [-0.1, -0.05) is 12.1 Å².